The van der Waals surface area contributed by atoms with Crippen molar-refractivity contribution in [3.8, 4) is 0 Å². The van der Waals surface area contributed by atoms with Crippen molar-refractivity contribution in [2.45, 2.75) is 6.54 Å². The summed E-state index contributed by atoms with van der Waals surface area (Å²) in [5.74, 6) is 0. The van der Waals surface area contributed by atoms with Crippen LogP contribution in [0.5, 0.6) is 0 Å². The second kappa shape index (κ2) is 4.70. The lowest BCUT2D eigenvalue weighted by molar-refractivity contribution is 0.423. The van der Waals surface area contributed by atoms with E-state index in [0.29, 0.717) is 11.6 Å². The highest BCUT2D eigenvalue weighted by atomic mass is 35.5. The van der Waals surface area contributed by atoms with Crippen LogP contribution in [0.4, 0.5) is 0 Å². The number of rotatable bonds is 3. The van der Waals surface area contributed by atoms with Crippen LogP contribution in [0.1, 0.15) is 5.56 Å². The van der Waals surface area contributed by atoms with Crippen molar-refractivity contribution in [1.29, 1.82) is 0 Å². The Balaban J connectivity index is 2.18. The van der Waals surface area contributed by atoms with Gasteiger partial charge in [0.1, 0.15) is 0 Å². The first-order valence-corrected chi connectivity index (χ1v) is 5.17. The zero-order valence-corrected chi connectivity index (χ0v) is 9.17. The molecule has 0 spiro atoms. The molecular formula is C10H10BClN2O2. The average Bonchev–Trinajstić information content (AvgIpc) is 2.70. The van der Waals surface area contributed by atoms with Crippen LogP contribution in [0, 0.1) is 0 Å². The third kappa shape index (κ3) is 2.44. The Bertz CT molecular complexity index is 487. The van der Waals surface area contributed by atoms with Crippen LogP contribution >= 0.6 is 11.6 Å². The summed E-state index contributed by atoms with van der Waals surface area (Å²) in [6, 6.07) is 9.02. The van der Waals surface area contributed by atoms with Gasteiger partial charge in [0.25, 0.3) is 0 Å². The van der Waals surface area contributed by atoms with Crippen LogP contribution in [0.15, 0.2) is 36.5 Å². The molecular weight excluding hydrogens is 226 g/mol. The minimum atomic E-state index is -1.53. The maximum atomic E-state index is 8.91. The second-order valence-corrected chi connectivity index (χ2v) is 3.81. The van der Waals surface area contributed by atoms with E-state index in [0.717, 1.165) is 5.56 Å². The molecule has 0 saturated heterocycles. The maximum Gasteiger partial charge on any atom is 0.510 e. The third-order valence-corrected chi connectivity index (χ3v) is 2.58. The van der Waals surface area contributed by atoms with Gasteiger partial charge in [-0.1, -0.05) is 29.8 Å². The predicted octanol–water partition coefficient (Wildman–Crippen LogP) is 0.265. The molecule has 2 rings (SSSR count). The van der Waals surface area contributed by atoms with Gasteiger partial charge < -0.3 is 10.0 Å². The largest absolute Gasteiger partial charge is 0.510 e. The van der Waals surface area contributed by atoms with Crippen molar-refractivity contribution in [2.75, 3.05) is 0 Å². The van der Waals surface area contributed by atoms with Gasteiger partial charge >= 0.3 is 7.12 Å². The van der Waals surface area contributed by atoms with Crippen molar-refractivity contribution in [1.82, 2.24) is 9.78 Å². The summed E-state index contributed by atoms with van der Waals surface area (Å²) >= 11 is 6.00. The van der Waals surface area contributed by atoms with E-state index in [2.05, 4.69) is 5.10 Å². The summed E-state index contributed by atoms with van der Waals surface area (Å²) in [5.41, 5.74) is 1.17. The topological polar surface area (TPSA) is 58.3 Å². The predicted molar refractivity (Wildman–Crippen MR) is 62.6 cm³/mol. The van der Waals surface area contributed by atoms with E-state index in [-0.39, 0.29) is 5.59 Å². The molecule has 4 nitrogen and oxygen atoms in total. The third-order valence-electron chi connectivity index (χ3n) is 2.22. The SMILES string of the molecule is OB(O)c1ccn(Cc2ccccc2Cl)n1. The summed E-state index contributed by atoms with van der Waals surface area (Å²) in [6.45, 7) is 0.506. The van der Waals surface area contributed by atoms with Gasteiger partial charge in [-0.05, 0) is 17.7 Å². The molecule has 0 saturated carbocycles. The van der Waals surface area contributed by atoms with Crippen molar-refractivity contribution >= 4 is 24.3 Å². The van der Waals surface area contributed by atoms with Gasteiger partial charge in [-0.2, -0.15) is 5.10 Å². The first kappa shape index (κ1) is 11.2. The molecule has 6 heteroatoms. The summed E-state index contributed by atoms with van der Waals surface area (Å²) in [6.07, 6.45) is 1.68. The molecule has 1 aromatic carbocycles. The van der Waals surface area contributed by atoms with Crippen LogP contribution in [-0.4, -0.2) is 26.9 Å². The fourth-order valence-corrected chi connectivity index (χ4v) is 1.60. The minimum Gasteiger partial charge on any atom is -0.422 e. The Labute approximate surface area is 98.2 Å². The highest BCUT2D eigenvalue weighted by Crippen LogP contribution is 2.15. The molecule has 2 N–H and O–H groups in total. The number of benzene rings is 1. The van der Waals surface area contributed by atoms with Crippen LogP contribution in [0.25, 0.3) is 0 Å². The van der Waals surface area contributed by atoms with Gasteiger partial charge in [-0.15, -0.1) is 0 Å². The van der Waals surface area contributed by atoms with Crippen molar-refractivity contribution in [2.24, 2.45) is 0 Å². The molecule has 1 heterocycles. The summed E-state index contributed by atoms with van der Waals surface area (Å²) < 4.78 is 1.61. The number of hydrogen-bond acceptors (Lipinski definition) is 3. The van der Waals surface area contributed by atoms with Crippen LogP contribution < -0.4 is 5.59 Å². The molecule has 0 bridgehead atoms. The molecule has 0 aliphatic carbocycles. The molecule has 0 radical (unpaired) electrons. The molecule has 0 amide bonds. The fourth-order valence-electron chi connectivity index (χ4n) is 1.40. The Hall–Kier alpha value is -1.30. The summed E-state index contributed by atoms with van der Waals surface area (Å²) in [5, 5.41) is 22.5. The van der Waals surface area contributed by atoms with Gasteiger partial charge in [0.2, 0.25) is 0 Å². The number of nitrogens with zero attached hydrogens (tertiary/aromatic N) is 2. The Morgan fingerprint density at radius 2 is 2.00 bits per heavy atom. The van der Waals surface area contributed by atoms with E-state index >= 15 is 0 Å². The van der Waals surface area contributed by atoms with E-state index in [1.165, 1.54) is 0 Å². The molecule has 0 fully saturated rings. The van der Waals surface area contributed by atoms with Crippen LogP contribution in [0.2, 0.25) is 5.02 Å². The standard InChI is InChI=1S/C10H10BClN2O2/c12-9-4-2-1-3-8(9)7-14-6-5-10(13-14)11(15)16/h1-6,15-16H,7H2. The molecule has 1 aromatic heterocycles. The lowest BCUT2D eigenvalue weighted by Crippen LogP contribution is -2.31. The van der Waals surface area contributed by atoms with Gasteiger partial charge in [-0.25, -0.2) is 0 Å². The zero-order chi connectivity index (χ0) is 11.5. The second-order valence-electron chi connectivity index (χ2n) is 3.40. The zero-order valence-electron chi connectivity index (χ0n) is 8.42. The molecule has 82 valence electrons. The van der Waals surface area contributed by atoms with E-state index in [1.54, 1.807) is 16.9 Å². The minimum absolute atomic E-state index is 0.229. The van der Waals surface area contributed by atoms with Gasteiger partial charge in [0, 0.05) is 11.2 Å². The first-order valence-electron chi connectivity index (χ1n) is 4.80. The normalized spacial score (nSPS) is 10.4. The van der Waals surface area contributed by atoms with Crippen LogP contribution in [0.3, 0.4) is 0 Å². The fraction of sp³-hybridized carbons (Fsp3) is 0.100. The van der Waals surface area contributed by atoms with E-state index in [4.69, 9.17) is 21.6 Å². The van der Waals surface area contributed by atoms with Crippen molar-refractivity contribution in [3.05, 3.63) is 47.1 Å². The van der Waals surface area contributed by atoms with Gasteiger partial charge in [0.15, 0.2) is 0 Å². The van der Waals surface area contributed by atoms with Crippen molar-refractivity contribution < 1.29 is 10.0 Å². The van der Waals surface area contributed by atoms with E-state index < -0.39 is 7.12 Å². The van der Waals surface area contributed by atoms with Gasteiger partial charge in [0.05, 0.1) is 12.1 Å². The Morgan fingerprint density at radius 3 is 2.62 bits per heavy atom. The highest BCUT2D eigenvalue weighted by molar-refractivity contribution is 6.57. The van der Waals surface area contributed by atoms with E-state index in [1.807, 2.05) is 24.3 Å². The van der Waals surface area contributed by atoms with E-state index in [9.17, 15) is 0 Å². The number of aromatic nitrogens is 2. The Kier molecular flexibility index (Phi) is 3.29. The smallest absolute Gasteiger partial charge is 0.422 e. The quantitative estimate of drug-likeness (QED) is 0.752. The lowest BCUT2D eigenvalue weighted by Gasteiger charge is -2.03. The van der Waals surface area contributed by atoms with Crippen LogP contribution in [-0.2, 0) is 6.54 Å². The maximum absolute atomic E-state index is 8.91. The molecule has 0 atom stereocenters. The molecule has 0 aliphatic heterocycles. The average molecular weight is 236 g/mol. The molecule has 16 heavy (non-hydrogen) atoms. The number of hydrogen-bond donors (Lipinski definition) is 2. The first-order chi connectivity index (χ1) is 7.66. The monoisotopic (exact) mass is 236 g/mol. The summed E-state index contributed by atoms with van der Waals surface area (Å²) in [7, 11) is -1.53. The molecule has 0 aliphatic rings. The molecule has 0 unspecified atom stereocenters. The summed E-state index contributed by atoms with van der Waals surface area (Å²) in [4.78, 5) is 0. The molecule has 2 aromatic rings. The van der Waals surface area contributed by atoms with Crippen molar-refractivity contribution in [3.63, 3.8) is 0 Å². The lowest BCUT2D eigenvalue weighted by atomic mass is 9.87. The van der Waals surface area contributed by atoms with Gasteiger partial charge in [-0.3, -0.25) is 4.68 Å². The number of halogens is 1. The highest BCUT2D eigenvalue weighted by Gasteiger charge is 2.14. The Morgan fingerprint density at radius 1 is 1.25 bits per heavy atom.